The van der Waals surface area contributed by atoms with E-state index in [4.69, 9.17) is 4.98 Å². The van der Waals surface area contributed by atoms with Crippen LogP contribution in [-0.4, -0.2) is 71.6 Å². The number of rotatable bonds is 8. The van der Waals surface area contributed by atoms with Crippen molar-refractivity contribution in [3.05, 3.63) is 43.2 Å². The number of carbonyl (C=O) groups is 1. The molecule has 0 atom stereocenters. The van der Waals surface area contributed by atoms with Crippen LogP contribution < -0.4 is 5.32 Å². The van der Waals surface area contributed by atoms with Crippen molar-refractivity contribution in [2.45, 2.75) is 38.8 Å². The Morgan fingerprint density at radius 1 is 1.09 bits per heavy atom. The molecule has 1 aliphatic rings. The van der Waals surface area contributed by atoms with E-state index in [2.05, 4.69) is 40.7 Å². The number of hydrogen-bond donors (Lipinski definition) is 1. The SMILES string of the molecule is CCC(CC)n1cc(-c2nc(-c3cnn(C4CN(C(=O)CNC)C4)c3)cn3nccc23)cn1. The number of hydrogen-bond acceptors (Lipinski definition) is 6. The Balaban J connectivity index is 1.42. The van der Waals surface area contributed by atoms with Gasteiger partial charge in [0.1, 0.15) is 0 Å². The molecule has 172 valence electrons. The summed E-state index contributed by atoms with van der Waals surface area (Å²) in [7, 11) is 1.78. The predicted octanol–water partition coefficient (Wildman–Crippen LogP) is 2.42. The molecule has 10 heteroatoms. The van der Waals surface area contributed by atoms with Crippen molar-refractivity contribution in [1.29, 1.82) is 0 Å². The molecule has 1 fully saturated rings. The third kappa shape index (κ3) is 3.91. The van der Waals surface area contributed by atoms with Crippen LogP contribution in [0.3, 0.4) is 0 Å². The highest BCUT2D eigenvalue weighted by Crippen LogP contribution is 2.29. The fourth-order valence-corrected chi connectivity index (χ4v) is 4.36. The van der Waals surface area contributed by atoms with Crippen LogP contribution in [0.4, 0.5) is 0 Å². The van der Waals surface area contributed by atoms with Gasteiger partial charge < -0.3 is 10.2 Å². The first-order valence-electron chi connectivity index (χ1n) is 11.5. The molecule has 0 aliphatic carbocycles. The van der Waals surface area contributed by atoms with Gasteiger partial charge in [0, 0.05) is 36.6 Å². The fourth-order valence-electron chi connectivity index (χ4n) is 4.36. The van der Waals surface area contributed by atoms with Gasteiger partial charge >= 0.3 is 0 Å². The Kier molecular flexibility index (Phi) is 5.67. The van der Waals surface area contributed by atoms with E-state index in [0.29, 0.717) is 25.7 Å². The summed E-state index contributed by atoms with van der Waals surface area (Å²) in [4.78, 5) is 18.8. The van der Waals surface area contributed by atoms with Gasteiger partial charge in [-0.3, -0.25) is 14.2 Å². The van der Waals surface area contributed by atoms with Crippen molar-refractivity contribution in [2.24, 2.45) is 0 Å². The highest BCUT2D eigenvalue weighted by atomic mass is 16.2. The minimum Gasteiger partial charge on any atom is -0.337 e. The zero-order valence-electron chi connectivity index (χ0n) is 19.2. The number of fused-ring (bicyclic) bond motifs is 1. The molecule has 0 saturated carbocycles. The molecule has 0 aromatic carbocycles. The molecule has 5 heterocycles. The lowest BCUT2D eigenvalue weighted by Crippen LogP contribution is -2.53. The Bertz CT molecular complexity index is 1260. The van der Waals surface area contributed by atoms with Gasteiger partial charge in [0.2, 0.25) is 5.91 Å². The van der Waals surface area contributed by atoms with Crippen LogP contribution in [-0.2, 0) is 4.79 Å². The smallest absolute Gasteiger partial charge is 0.236 e. The van der Waals surface area contributed by atoms with Gasteiger partial charge in [-0.2, -0.15) is 15.3 Å². The van der Waals surface area contributed by atoms with Gasteiger partial charge in [-0.05, 0) is 26.0 Å². The second-order valence-electron chi connectivity index (χ2n) is 8.51. The van der Waals surface area contributed by atoms with Crippen LogP contribution in [0.5, 0.6) is 0 Å². The summed E-state index contributed by atoms with van der Waals surface area (Å²) in [6.45, 7) is 6.07. The number of carbonyl (C=O) groups excluding carboxylic acids is 1. The average molecular weight is 448 g/mol. The third-order valence-corrected chi connectivity index (χ3v) is 6.40. The molecule has 33 heavy (non-hydrogen) atoms. The Morgan fingerprint density at radius 3 is 2.64 bits per heavy atom. The van der Waals surface area contributed by atoms with Gasteiger partial charge in [-0.25, -0.2) is 9.50 Å². The second-order valence-corrected chi connectivity index (χ2v) is 8.51. The molecule has 0 radical (unpaired) electrons. The van der Waals surface area contributed by atoms with Crippen LogP contribution in [0.1, 0.15) is 38.8 Å². The van der Waals surface area contributed by atoms with E-state index < -0.39 is 0 Å². The van der Waals surface area contributed by atoms with Gasteiger partial charge in [-0.15, -0.1) is 0 Å². The topological polar surface area (TPSA) is 98.2 Å². The summed E-state index contributed by atoms with van der Waals surface area (Å²) in [5.74, 6) is 0.116. The summed E-state index contributed by atoms with van der Waals surface area (Å²) in [6.07, 6.45) is 13.6. The standard InChI is InChI=1S/C23H29N9O/c1-4-18(5-2)30-12-17(9-27-30)23-21-6-7-25-32(21)15-20(28-23)16-8-26-31(11-16)19-13-29(14-19)22(33)10-24-3/h6-9,11-12,15,18-19,24H,4-5,10,13-14H2,1-3H3. The van der Waals surface area contributed by atoms with Crippen molar-refractivity contribution in [1.82, 2.24) is 44.4 Å². The lowest BCUT2D eigenvalue weighted by molar-refractivity contribution is -0.136. The first-order valence-corrected chi connectivity index (χ1v) is 11.5. The summed E-state index contributed by atoms with van der Waals surface area (Å²) in [5, 5.41) is 16.5. The number of amides is 1. The molecular weight excluding hydrogens is 418 g/mol. The monoisotopic (exact) mass is 447 g/mol. The molecule has 10 nitrogen and oxygen atoms in total. The van der Waals surface area contributed by atoms with Crippen LogP contribution in [0.15, 0.2) is 43.2 Å². The number of nitrogens with zero attached hydrogens (tertiary/aromatic N) is 8. The lowest BCUT2D eigenvalue weighted by Gasteiger charge is -2.39. The second kappa shape index (κ2) is 8.78. The van der Waals surface area contributed by atoms with E-state index in [0.717, 1.165) is 40.9 Å². The van der Waals surface area contributed by atoms with Crippen LogP contribution in [0.2, 0.25) is 0 Å². The quantitative estimate of drug-likeness (QED) is 0.445. The van der Waals surface area contributed by atoms with E-state index >= 15 is 0 Å². The molecule has 1 aliphatic heterocycles. The maximum absolute atomic E-state index is 12.0. The molecule has 4 aromatic heterocycles. The van der Waals surface area contributed by atoms with Gasteiger partial charge in [0.25, 0.3) is 0 Å². The molecule has 0 bridgehead atoms. The molecule has 1 N–H and O–H groups in total. The molecular formula is C23H29N9O. The number of likely N-dealkylation sites (tertiary alicyclic amines) is 1. The van der Waals surface area contributed by atoms with Crippen LogP contribution >= 0.6 is 0 Å². The minimum atomic E-state index is 0.116. The molecule has 4 aromatic rings. The van der Waals surface area contributed by atoms with E-state index in [1.807, 2.05) is 49.6 Å². The van der Waals surface area contributed by atoms with E-state index in [1.54, 1.807) is 13.2 Å². The first kappa shape index (κ1) is 21.3. The van der Waals surface area contributed by atoms with Crippen LogP contribution in [0, 0.1) is 0 Å². The number of likely N-dealkylation sites (N-methyl/N-ethyl adjacent to an activating group) is 1. The molecule has 5 rings (SSSR count). The Labute approximate surface area is 192 Å². The highest BCUT2D eigenvalue weighted by molar-refractivity contribution is 5.79. The molecule has 0 unspecified atom stereocenters. The largest absolute Gasteiger partial charge is 0.337 e. The first-order chi connectivity index (χ1) is 16.1. The maximum atomic E-state index is 12.0. The average Bonchev–Trinajstić information content (AvgIpc) is 3.54. The van der Waals surface area contributed by atoms with Crippen molar-refractivity contribution in [3.63, 3.8) is 0 Å². The summed E-state index contributed by atoms with van der Waals surface area (Å²) >= 11 is 0. The lowest BCUT2D eigenvalue weighted by atomic mass is 10.1. The van der Waals surface area contributed by atoms with E-state index in [-0.39, 0.29) is 11.9 Å². The summed E-state index contributed by atoms with van der Waals surface area (Å²) in [6, 6.07) is 2.53. The zero-order chi connectivity index (χ0) is 22.9. The third-order valence-electron chi connectivity index (χ3n) is 6.40. The van der Waals surface area contributed by atoms with Crippen molar-refractivity contribution in [3.8, 4) is 22.5 Å². The summed E-state index contributed by atoms with van der Waals surface area (Å²) < 4.78 is 5.81. The fraction of sp³-hybridized carbons (Fsp3) is 0.435. The van der Waals surface area contributed by atoms with Gasteiger partial charge in [0.15, 0.2) is 0 Å². The molecule has 1 amide bonds. The van der Waals surface area contributed by atoms with Crippen molar-refractivity contribution in [2.75, 3.05) is 26.7 Å². The van der Waals surface area contributed by atoms with Crippen LogP contribution in [0.25, 0.3) is 28.0 Å². The predicted molar refractivity (Wildman–Crippen MR) is 125 cm³/mol. The molecule has 1 saturated heterocycles. The number of aromatic nitrogens is 7. The zero-order valence-corrected chi connectivity index (χ0v) is 19.2. The molecule has 0 spiro atoms. The van der Waals surface area contributed by atoms with E-state index in [1.165, 1.54) is 0 Å². The van der Waals surface area contributed by atoms with Crippen molar-refractivity contribution < 1.29 is 4.79 Å². The normalized spacial score (nSPS) is 14.4. The van der Waals surface area contributed by atoms with Gasteiger partial charge in [0.05, 0.1) is 60.3 Å². The van der Waals surface area contributed by atoms with Gasteiger partial charge in [-0.1, -0.05) is 13.8 Å². The number of nitrogens with one attached hydrogen (secondary N) is 1. The summed E-state index contributed by atoms with van der Waals surface area (Å²) in [5.41, 5.74) is 4.47. The minimum absolute atomic E-state index is 0.116. The Hall–Kier alpha value is -3.53. The Morgan fingerprint density at radius 2 is 1.88 bits per heavy atom. The van der Waals surface area contributed by atoms with Crippen molar-refractivity contribution >= 4 is 11.4 Å². The highest BCUT2D eigenvalue weighted by Gasteiger charge is 2.32. The van der Waals surface area contributed by atoms with E-state index in [9.17, 15) is 4.79 Å². The maximum Gasteiger partial charge on any atom is 0.236 e.